The van der Waals surface area contributed by atoms with Gasteiger partial charge in [0.25, 0.3) is 5.56 Å². The third-order valence-corrected chi connectivity index (χ3v) is 4.40. The maximum Gasteiger partial charge on any atom is 0.338 e. The SMILES string of the molecule is O=C(OC[C@H]1O[C@@H](n2cc(C=CBr)c(=O)[nH]c2=O)C[C@@H]1O)c1ccccc1. The van der Waals surface area contributed by atoms with Crippen molar-refractivity contribution < 1.29 is 19.4 Å². The highest BCUT2D eigenvalue weighted by atomic mass is 79.9. The van der Waals surface area contributed by atoms with E-state index in [1.165, 1.54) is 21.8 Å². The summed E-state index contributed by atoms with van der Waals surface area (Å²) in [7, 11) is 0. The van der Waals surface area contributed by atoms with Crippen LogP contribution in [0.4, 0.5) is 0 Å². The monoisotopic (exact) mass is 436 g/mol. The van der Waals surface area contributed by atoms with E-state index in [0.29, 0.717) is 5.56 Å². The van der Waals surface area contributed by atoms with Crippen LogP contribution < -0.4 is 11.2 Å². The molecule has 1 aliphatic rings. The Kier molecular flexibility index (Phi) is 6.04. The van der Waals surface area contributed by atoms with Crippen LogP contribution in [0.5, 0.6) is 0 Å². The third-order valence-electron chi connectivity index (χ3n) is 4.14. The molecule has 1 aliphatic heterocycles. The second-order valence-electron chi connectivity index (χ2n) is 5.94. The van der Waals surface area contributed by atoms with E-state index in [4.69, 9.17) is 9.47 Å². The van der Waals surface area contributed by atoms with Gasteiger partial charge in [-0.3, -0.25) is 14.3 Å². The van der Waals surface area contributed by atoms with Gasteiger partial charge in [-0.1, -0.05) is 34.1 Å². The van der Waals surface area contributed by atoms with E-state index in [1.54, 1.807) is 30.3 Å². The lowest BCUT2D eigenvalue weighted by Gasteiger charge is -2.16. The number of aromatic amines is 1. The van der Waals surface area contributed by atoms with Crippen LogP contribution in [0.3, 0.4) is 0 Å². The summed E-state index contributed by atoms with van der Waals surface area (Å²) in [5, 5.41) is 10.2. The van der Waals surface area contributed by atoms with E-state index >= 15 is 0 Å². The average Bonchev–Trinajstić information content (AvgIpc) is 3.03. The van der Waals surface area contributed by atoms with Crippen molar-refractivity contribution in [1.29, 1.82) is 0 Å². The number of hydrogen-bond acceptors (Lipinski definition) is 6. The summed E-state index contributed by atoms with van der Waals surface area (Å²) in [5.74, 6) is -0.527. The number of carbonyl (C=O) groups is 1. The third kappa shape index (κ3) is 4.44. The highest BCUT2D eigenvalue weighted by Gasteiger charge is 2.36. The van der Waals surface area contributed by atoms with Crippen molar-refractivity contribution in [3.63, 3.8) is 0 Å². The number of nitrogens with zero attached hydrogens (tertiary/aromatic N) is 1. The molecule has 2 N–H and O–H groups in total. The fourth-order valence-electron chi connectivity index (χ4n) is 2.75. The second kappa shape index (κ2) is 8.47. The normalized spacial score (nSPS) is 22.2. The predicted molar refractivity (Wildman–Crippen MR) is 101 cm³/mol. The van der Waals surface area contributed by atoms with Crippen LogP contribution in [0, 0.1) is 0 Å². The van der Waals surface area contributed by atoms with E-state index in [0.717, 1.165) is 0 Å². The molecular weight excluding hydrogens is 420 g/mol. The zero-order chi connectivity index (χ0) is 19.4. The van der Waals surface area contributed by atoms with Gasteiger partial charge in [0.05, 0.1) is 17.2 Å². The van der Waals surface area contributed by atoms with Crippen LogP contribution in [0.15, 0.2) is 51.1 Å². The molecule has 0 saturated carbocycles. The molecule has 1 fully saturated rings. The maximum absolute atomic E-state index is 12.1. The number of aromatic nitrogens is 2. The molecule has 3 rings (SSSR count). The molecule has 27 heavy (non-hydrogen) atoms. The number of rotatable bonds is 5. The summed E-state index contributed by atoms with van der Waals surface area (Å²) in [6, 6.07) is 8.46. The molecule has 0 amide bonds. The lowest BCUT2D eigenvalue weighted by molar-refractivity contribution is -0.0532. The molecule has 8 nitrogen and oxygen atoms in total. The van der Waals surface area contributed by atoms with Gasteiger partial charge in [-0.15, -0.1) is 0 Å². The summed E-state index contributed by atoms with van der Waals surface area (Å²) >= 11 is 3.08. The first kappa shape index (κ1) is 19.3. The molecule has 1 saturated heterocycles. The largest absolute Gasteiger partial charge is 0.459 e. The number of esters is 1. The van der Waals surface area contributed by atoms with Crippen molar-refractivity contribution >= 4 is 28.0 Å². The number of aliphatic hydroxyl groups excluding tert-OH is 1. The minimum Gasteiger partial charge on any atom is -0.459 e. The molecule has 0 bridgehead atoms. The lowest BCUT2D eigenvalue weighted by Crippen LogP contribution is -2.33. The number of hydrogen-bond donors (Lipinski definition) is 2. The Labute approximate surface area is 162 Å². The minimum absolute atomic E-state index is 0.122. The van der Waals surface area contributed by atoms with Crippen LogP contribution >= 0.6 is 15.9 Å². The summed E-state index contributed by atoms with van der Waals surface area (Å²) in [5.41, 5.74) is -0.530. The van der Waals surface area contributed by atoms with Crippen molar-refractivity contribution in [2.24, 2.45) is 0 Å². The van der Waals surface area contributed by atoms with Crippen molar-refractivity contribution in [3.8, 4) is 0 Å². The highest BCUT2D eigenvalue weighted by Crippen LogP contribution is 2.28. The molecule has 2 heterocycles. The first-order valence-corrected chi connectivity index (χ1v) is 9.09. The van der Waals surface area contributed by atoms with Gasteiger partial charge >= 0.3 is 11.7 Å². The molecule has 142 valence electrons. The van der Waals surface area contributed by atoms with Crippen molar-refractivity contribution in [3.05, 3.63) is 73.5 Å². The number of ether oxygens (including phenoxy) is 2. The molecule has 0 radical (unpaired) electrons. The zero-order valence-electron chi connectivity index (χ0n) is 14.1. The lowest BCUT2D eigenvalue weighted by atomic mass is 10.2. The summed E-state index contributed by atoms with van der Waals surface area (Å²) in [6.45, 7) is -0.155. The number of aliphatic hydroxyl groups is 1. The second-order valence-corrected chi connectivity index (χ2v) is 6.47. The first-order chi connectivity index (χ1) is 13.0. The minimum atomic E-state index is -0.924. The fourth-order valence-corrected chi connectivity index (χ4v) is 3.04. The Bertz CT molecular complexity index is 952. The van der Waals surface area contributed by atoms with Gasteiger partial charge in [-0.2, -0.15) is 0 Å². The molecule has 0 spiro atoms. The first-order valence-electron chi connectivity index (χ1n) is 8.17. The standard InChI is InChI=1S/C18H17BrN2O6/c19-7-6-12-9-21(18(25)20-16(12)23)15-8-13(22)14(27-15)10-26-17(24)11-4-2-1-3-5-11/h1-7,9,13-15,22H,8,10H2,(H,20,23,25)/t13-,14+,15+/m0/s1. The Hall–Kier alpha value is -2.49. The summed E-state index contributed by atoms with van der Waals surface area (Å²) in [4.78, 5) is 39.5. The van der Waals surface area contributed by atoms with Crippen LogP contribution in [0.1, 0.15) is 28.6 Å². The van der Waals surface area contributed by atoms with Gasteiger partial charge in [0.1, 0.15) is 18.9 Å². The molecular formula is C18H17BrN2O6. The Morgan fingerprint density at radius 2 is 2.11 bits per heavy atom. The van der Waals surface area contributed by atoms with Gasteiger partial charge in [-0.05, 0) is 23.2 Å². The van der Waals surface area contributed by atoms with Gasteiger partial charge < -0.3 is 14.6 Å². The zero-order valence-corrected chi connectivity index (χ0v) is 15.7. The Morgan fingerprint density at radius 1 is 1.37 bits per heavy atom. The number of benzene rings is 1. The molecule has 3 atom stereocenters. The molecule has 9 heteroatoms. The summed E-state index contributed by atoms with van der Waals surface area (Å²) < 4.78 is 12.1. The maximum atomic E-state index is 12.1. The number of carbonyl (C=O) groups excluding carboxylic acids is 1. The number of halogens is 1. The van der Waals surface area contributed by atoms with Gasteiger partial charge in [0.15, 0.2) is 0 Å². The van der Waals surface area contributed by atoms with E-state index in [2.05, 4.69) is 20.9 Å². The predicted octanol–water partition coefficient (Wildman–Crippen LogP) is 1.41. The highest BCUT2D eigenvalue weighted by molar-refractivity contribution is 9.11. The quantitative estimate of drug-likeness (QED) is 0.685. The molecule has 0 aliphatic carbocycles. The van der Waals surface area contributed by atoms with Gasteiger partial charge in [0.2, 0.25) is 0 Å². The van der Waals surface area contributed by atoms with Crippen LogP contribution in [-0.4, -0.2) is 39.4 Å². The van der Waals surface area contributed by atoms with Crippen molar-refractivity contribution in [2.75, 3.05) is 6.61 Å². The smallest absolute Gasteiger partial charge is 0.338 e. The van der Waals surface area contributed by atoms with E-state index in [-0.39, 0.29) is 18.6 Å². The fraction of sp³-hybridized carbons (Fsp3) is 0.278. The van der Waals surface area contributed by atoms with Crippen molar-refractivity contribution in [1.82, 2.24) is 9.55 Å². The number of H-pyrrole nitrogens is 1. The Balaban J connectivity index is 1.70. The van der Waals surface area contributed by atoms with Gasteiger partial charge in [0, 0.05) is 12.6 Å². The van der Waals surface area contributed by atoms with E-state index in [1.807, 2.05) is 0 Å². The van der Waals surface area contributed by atoms with Crippen molar-refractivity contribution in [2.45, 2.75) is 24.9 Å². The molecule has 0 unspecified atom stereocenters. The molecule has 1 aromatic carbocycles. The summed E-state index contributed by atoms with van der Waals surface area (Å²) in [6.07, 6.45) is 0.474. The molecule has 1 aromatic heterocycles. The molecule has 2 aromatic rings. The van der Waals surface area contributed by atoms with Crippen LogP contribution in [-0.2, 0) is 9.47 Å². The van der Waals surface area contributed by atoms with Gasteiger partial charge in [-0.25, -0.2) is 9.59 Å². The number of nitrogens with one attached hydrogen (secondary N) is 1. The van der Waals surface area contributed by atoms with E-state index in [9.17, 15) is 19.5 Å². The van der Waals surface area contributed by atoms with Crippen LogP contribution in [0.2, 0.25) is 0 Å². The average molecular weight is 437 g/mol. The van der Waals surface area contributed by atoms with E-state index < -0.39 is 35.7 Å². The topological polar surface area (TPSA) is 111 Å². The Morgan fingerprint density at radius 3 is 2.81 bits per heavy atom. The van der Waals surface area contributed by atoms with Crippen LogP contribution in [0.25, 0.3) is 6.08 Å².